The zero-order valence-corrected chi connectivity index (χ0v) is 9.22. The highest BCUT2D eigenvalue weighted by Crippen LogP contribution is 2.53. The molecular formula is C9H12NOPS. The van der Waals surface area contributed by atoms with Crippen LogP contribution in [0.15, 0.2) is 30.3 Å². The van der Waals surface area contributed by atoms with Gasteiger partial charge in [-0.3, -0.25) is 0 Å². The van der Waals surface area contributed by atoms with Crippen molar-refractivity contribution < 1.29 is 4.52 Å². The Labute approximate surface area is 83.7 Å². The molecule has 1 aliphatic rings. The van der Waals surface area contributed by atoms with E-state index in [-0.39, 0.29) is 0 Å². The second-order valence-corrected chi connectivity index (χ2v) is 7.47. The smallest absolute Gasteiger partial charge is 0.152 e. The molecule has 0 spiro atoms. The second-order valence-electron chi connectivity index (χ2n) is 3.09. The van der Waals surface area contributed by atoms with Crippen LogP contribution in [0.25, 0.3) is 0 Å². The quantitative estimate of drug-likeness (QED) is 0.665. The maximum Gasteiger partial charge on any atom is 0.152 e. The predicted molar refractivity (Wildman–Crippen MR) is 59.9 cm³/mol. The summed E-state index contributed by atoms with van der Waals surface area (Å²) in [6.07, 6.45) is -1.71. The summed E-state index contributed by atoms with van der Waals surface area (Å²) in [5.41, 5.74) is 1.19. The number of rotatable bonds is 1. The van der Waals surface area contributed by atoms with E-state index in [4.69, 9.17) is 16.3 Å². The average molecular weight is 213 g/mol. The van der Waals surface area contributed by atoms with Crippen molar-refractivity contribution in [2.45, 2.75) is 0 Å². The highest BCUT2D eigenvalue weighted by atomic mass is 32.4. The second kappa shape index (κ2) is 3.41. The zero-order chi connectivity index (χ0) is 9.31. The Balaban J connectivity index is 2.32. The van der Waals surface area contributed by atoms with Crippen molar-refractivity contribution >= 4 is 23.9 Å². The first-order chi connectivity index (χ1) is 6.20. The molecule has 13 heavy (non-hydrogen) atoms. The molecule has 1 unspecified atom stereocenters. The SMILES string of the molecule is CP1(=S)OCCN1c1ccccc1. The van der Waals surface area contributed by atoms with E-state index in [0.717, 1.165) is 13.2 Å². The Morgan fingerprint density at radius 1 is 1.38 bits per heavy atom. The van der Waals surface area contributed by atoms with E-state index in [1.165, 1.54) is 5.69 Å². The first-order valence-electron chi connectivity index (χ1n) is 4.25. The Hall–Kier alpha value is -0.370. The molecule has 0 bridgehead atoms. The maximum atomic E-state index is 5.56. The molecule has 2 rings (SSSR count). The summed E-state index contributed by atoms with van der Waals surface area (Å²) in [4.78, 5) is 0. The molecule has 0 aromatic heterocycles. The van der Waals surface area contributed by atoms with Gasteiger partial charge >= 0.3 is 0 Å². The van der Waals surface area contributed by atoms with Crippen LogP contribution in [-0.2, 0) is 16.3 Å². The van der Waals surface area contributed by atoms with Crippen LogP contribution in [0.1, 0.15) is 0 Å². The first-order valence-corrected chi connectivity index (χ1v) is 7.37. The number of hydrogen-bond acceptors (Lipinski definition) is 2. The number of hydrogen-bond donors (Lipinski definition) is 0. The molecule has 0 radical (unpaired) electrons. The highest BCUT2D eigenvalue weighted by Gasteiger charge is 2.27. The Bertz CT molecular complexity index is 341. The lowest BCUT2D eigenvalue weighted by Gasteiger charge is -2.24. The van der Waals surface area contributed by atoms with Crippen LogP contribution in [0.4, 0.5) is 5.69 Å². The Kier molecular flexibility index (Phi) is 2.41. The molecule has 4 heteroatoms. The molecule has 0 N–H and O–H groups in total. The minimum absolute atomic E-state index is 0.767. The summed E-state index contributed by atoms with van der Waals surface area (Å²) in [6.45, 7) is 3.72. The summed E-state index contributed by atoms with van der Waals surface area (Å²) in [5, 5.41) is 0. The standard InChI is InChI=1S/C9H12NOPS/c1-12(13)10(7-8-11-12)9-5-3-2-4-6-9/h2-6H,7-8H2,1H3. The normalized spacial score (nSPS) is 27.9. The zero-order valence-electron chi connectivity index (χ0n) is 7.51. The topological polar surface area (TPSA) is 12.5 Å². The van der Waals surface area contributed by atoms with Crippen LogP contribution in [0, 0.1) is 0 Å². The number of nitrogens with zero attached hydrogens (tertiary/aromatic N) is 1. The predicted octanol–water partition coefficient (Wildman–Crippen LogP) is 2.46. The third kappa shape index (κ3) is 1.78. The molecular weight excluding hydrogens is 201 g/mol. The molecule has 1 aromatic carbocycles. The van der Waals surface area contributed by atoms with E-state index in [1.54, 1.807) is 0 Å². The van der Waals surface area contributed by atoms with Crippen LogP contribution >= 0.6 is 6.42 Å². The van der Waals surface area contributed by atoms with Crippen LogP contribution in [-0.4, -0.2) is 19.8 Å². The summed E-state index contributed by atoms with van der Waals surface area (Å²) < 4.78 is 7.77. The first kappa shape index (κ1) is 9.20. The molecule has 1 heterocycles. The average Bonchev–Trinajstić information content (AvgIpc) is 2.47. The van der Waals surface area contributed by atoms with E-state index < -0.39 is 6.42 Å². The van der Waals surface area contributed by atoms with Crippen molar-refractivity contribution in [1.29, 1.82) is 0 Å². The van der Waals surface area contributed by atoms with Crippen molar-refractivity contribution in [3.05, 3.63) is 30.3 Å². The van der Waals surface area contributed by atoms with E-state index in [9.17, 15) is 0 Å². The number of para-hydroxylation sites is 1. The Morgan fingerprint density at radius 2 is 2.08 bits per heavy atom. The fraction of sp³-hybridized carbons (Fsp3) is 0.333. The van der Waals surface area contributed by atoms with Gasteiger partial charge in [-0.2, -0.15) is 0 Å². The van der Waals surface area contributed by atoms with Gasteiger partial charge in [0.05, 0.1) is 6.61 Å². The van der Waals surface area contributed by atoms with Gasteiger partial charge in [0.1, 0.15) is 0 Å². The van der Waals surface area contributed by atoms with Gasteiger partial charge in [-0.05, 0) is 23.9 Å². The summed E-state index contributed by atoms with van der Waals surface area (Å²) in [6, 6.07) is 10.2. The van der Waals surface area contributed by atoms with E-state index in [0.29, 0.717) is 0 Å². The van der Waals surface area contributed by atoms with E-state index in [1.807, 2.05) is 24.9 Å². The van der Waals surface area contributed by atoms with Gasteiger partial charge in [-0.1, -0.05) is 18.2 Å². The maximum absolute atomic E-state index is 5.56. The van der Waals surface area contributed by atoms with Crippen LogP contribution in [0.5, 0.6) is 0 Å². The summed E-state index contributed by atoms with van der Waals surface area (Å²) >= 11 is 5.43. The molecule has 70 valence electrons. The van der Waals surface area contributed by atoms with Crippen molar-refractivity contribution in [3.63, 3.8) is 0 Å². The third-order valence-electron chi connectivity index (χ3n) is 2.13. The van der Waals surface area contributed by atoms with Gasteiger partial charge in [-0.15, -0.1) is 0 Å². The molecule has 1 saturated heterocycles. The van der Waals surface area contributed by atoms with Gasteiger partial charge in [0, 0.05) is 18.9 Å². The van der Waals surface area contributed by atoms with E-state index in [2.05, 4.69) is 16.8 Å². The minimum Gasteiger partial charge on any atom is -0.332 e. The molecule has 0 saturated carbocycles. The number of anilines is 1. The monoisotopic (exact) mass is 213 g/mol. The van der Waals surface area contributed by atoms with Gasteiger partial charge in [0.25, 0.3) is 0 Å². The van der Waals surface area contributed by atoms with Gasteiger partial charge in [0.15, 0.2) is 6.42 Å². The molecule has 1 fully saturated rings. The molecule has 0 amide bonds. The molecule has 2 nitrogen and oxygen atoms in total. The van der Waals surface area contributed by atoms with Crippen molar-refractivity contribution in [3.8, 4) is 0 Å². The molecule has 1 aliphatic heterocycles. The molecule has 1 atom stereocenters. The summed E-state index contributed by atoms with van der Waals surface area (Å²) in [5.74, 6) is 0. The lowest BCUT2D eigenvalue weighted by atomic mass is 10.3. The lowest BCUT2D eigenvalue weighted by Crippen LogP contribution is -2.13. The van der Waals surface area contributed by atoms with Crippen LogP contribution in [0.2, 0.25) is 0 Å². The fourth-order valence-corrected chi connectivity index (χ4v) is 3.80. The van der Waals surface area contributed by atoms with Crippen molar-refractivity contribution in [1.82, 2.24) is 0 Å². The highest BCUT2D eigenvalue weighted by molar-refractivity contribution is 8.12. The minimum atomic E-state index is -1.71. The Morgan fingerprint density at radius 3 is 2.62 bits per heavy atom. The summed E-state index contributed by atoms with van der Waals surface area (Å²) in [7, 11) is 0. The molecule has 1 aromatic rings. The third-order valence-corrected chi connectivity index (χ3v) is 5.00. The van der Waals surface area contributed by atoms with Crippen molar-refractivity contribution in [2.24, 2.45) is 0 Å². The number of benzene rings is 1. The van der Waals surface area contributed by atoms with Gasteiger partial charge < -0.3 is 9.19 Å². The molecule has 0 aliphatic carbocycles. The van der Waals surface area contributed by atoms with Crippen molar-refractivity contribution in [2.75, 3.05) is 24.5 Å². The van der Waals surface area contributed by atoms with E-state index >= 15 is 0 Å². The van der Waals surface area contributed by atoms with Crippen LogP contribution in [0.3, 0.4) is 0 Å². The van der Waals surface area contributed by atoms with Gasteiger partial charge in [0.2, 0.25) is 0 Å². The lowest BCUT2D eigenvalue weighted by molar-refractivity contribution is 0.399. The fourth-order valence-electron chi connectivity index (χ4n) is 1.49. The van der Waals surface area contributed by atoms with Gasteiger partial charge in [-0.25, -0.2) is 0 Å². The largest absolute Gasteiger partial charge is 0.332 e. The van der Waals surface area contributed by atoms with Crippen LogP contribution < -0.4 is 4.67 Å².